The number of nitrogens with zero attached hydrogens (tertiary/aromatic N) is 1. The lowest BCUT2D eigenvalue weighted by Crippen LogP contribution is -2.60. The summed E-state index contributed by atoms with van der Waals surface area (Å²) in [5.41, 5.74) is 0.349. The Labute approximate surface area is 217 Å². The van der Waals surface area contributed by atoms with Gasteiger partial charge in [0, 0.05) is 24.3 Å². The highest BCUT2D eigenvalue weighted by atomic mass is 28.5. The van der Waals surface area contributed by atoms with Crippen molar-refractivity contribution in [2.45, 2.75) is 142 Å². The van der Waals surface area contributed by atoms with Crippen LogP contribution in [0.15, 0.2) is 0 Å². The Morgan fingerprint density at radius 3 is 1.53 bits per heavy atom. The van der Waals surface area contributed by atoms with Gasteiger partial charge < -0.3 is 17.4 Å². The van der Waals surface area contributed by atoms with Crippen LogP contribution >= 0.6 is 0 Å². The molecule has 5 nitrogen and oxygen atoms in total. The summed E-state index contributed by atoms with van der Waals surface area (Å²) in [5.74, 6) is 0. The molecule has 1 heterocycles. The molecule has 0 aromatic heterocycles. The van der Waals surface area contributed by atoms with Crippen molar-refractivity contribution in [3.05, 3.63) is 0 Å². The fourth-order valence-corrected chi connectivity index (χ4v) is 20.2. The molecule has 0 saturated carbocycles. The van der Waals surface area contributed by atoms with E-state index >= 15 is 0 Å². The van der Waals surface area contributed by atoms with Gasteiger partial charge in [-0.3, -0.25) is 4.90 Å². The van der Waals surface area contributed by atoms with E-state index in [4.69, 9.17) is 17.4 Å². The van der Waals surface area contributed by atoms with Gasteiger partial charge in [-0.25, -0.2) is 0 Å². The van der Waals surface area contributed by atoms with E-state index in [1.165, 1.54) is 0 Å². The summed E-state index contributed by atoms with van der Waals surface area (Å²) in [7, 11) is -4.91. The minimum atomic E-state index is -2.16. The van der Waals surface area contributed by atoms with Crippen molar-refractivity contribution >= 4 is 33.5 Å². The molecule has 0 aliphatic carbocycles. The van der Waals surface area contributed by atoms with Crippen LogP contribution in [-0.2, 0) is 17.4 Å². The van der Waals surface area contributed by atoms with Crippen LogP contribution in [0.4, 0.5) is 0 Å². The maximum atomic E-state index is 6.80. The molecule has 0 N–H and O–H groups in total. The van der Waals surface area contributed by atoms with Gasteiger partial charge in [-0.2, -0.15) is 0 Å². The third-order valence-corrected chi connectivity index (χ3v) is 19.6. The summed E-state index contributed by atoms with van der Waals surface area (Å²) in [4.78, 5) is 2.51. The van der Waals surface area contributed by atoms with Gasteiger partial charge in [0.15, 0.2) is 25.0 Å². The van der Waals surface area contributed by atoms with Crippen molar-refractivity contribution in [2.24, 2.45) is 0 Å². The van der Waals surface area contributed by atoms with Gasteiger partial charge in [-0.15, -0.1) is 0 Å². The summed E-state index contributed by atoms with van der Waals surface area (Å²) < 4.78 is 26.0. The quantitative estimate of drug-likeness (QED) is 0.166. The molecule has 0 aromatic rings. The maximum absolute atomic E-state index is 6.80. The van der Waals surface area contributed by atoms with E-state index in [0.29, 0.717) is 6.10 Å². The monoisotopic (exact) mass is 549 g/mol. The summed E-state index contributed by atoms with van der Waals surface area (Å²) in [6, 6.07) is 2.26. The van der Waals surface area contributed by atoms with Crippen LogP contribution in [-0.4, -0.2) is 75.9 Å². The first-order valence-corrected chi connectivity index (χ1v) is 25.9. The van der Waals surface area contributed by atoms with Crippen molar-refractivity contribution in [1.29, 1.82) is 0 Å². The van der Waals surface area contributed by atoms with E-state index in [1.807, 2.05) is 0 Å². The van der Waals surface area contributed by atoms with Crippen molar-refractivity contribution in [3.63, 3.8) is 0 Å². The van der Waals surface area contributed by atoms with Crippen molar-refractivity contribution in [3.8, 4) is 0 Å². The first-order chi connectivity index (χ1) is 15.1. The average Bonchev–Trinajstić information content (AvgIpc) is 2.57. The molecule has 0 unspecified atom stereocenters. The van der Waals surface area contributed by atoms with E-state index in [-0.39, 0.29) is 11.1 Å². The van der Waals surface area contributed by atoms with E-state index in [1.54, 1.807) is 0 Å². The zero-order valence-electron chi connectivity index (χ0n) is 25.3. The lowest BCUT2D eigenvalue weighted by molar-refractivity contribution is -0.0912. The molecule has 34 heavy (non-hydrogen) atoms. The molecule has 204 valence electrons. The molecule has 0 radical (unpaired) electrons. The first-order valence-electron chi connectivity index (χ1n) is 13.5. The molecule has 1 aliphatic heterocycles. The van der Waals surface area contributed by atoms with Gasteiger partial charge >= 0.3 is 8.56 Å². The topological polar surface area (TPSA) is 40.2 Å². The standard InChI is InChI=1S/C25H59NO4Si4/c1-24(2)21-23(22-25(3,4)26(24)5)27-17-15-19-32(9,10)29-34(13,14)30-33(11,12)20-16-18-28-31(6,7)8/h23H,15-22H2,1-14H3. The third-order valence-electron chi connectivity index (χ3n) is 7.05. The van der Waals surface area contributed by atoms with Gasteiger partial charge in [0.2, 0.25) is 0 Å². The molecule has 0 amide bonds. The van der Waals surface area contributed by atoms with Gasteiger partial charge in [-0.05, 0) is 131 Å². The second kappa shape index (κ2) is 12.0. The van der Waals surface area contributed by atoms with Crippen LogP contribution in [0.25, 0.3) is 0 Å². The minimum absolute atomic E-state index is 0.175. The third kappa shape index (κ3) is 12.3. The minimum Gasteiger partial charge on any atom is -0.437 e. The van der Waals surface area contributed by atoms with Crippen LogP contribution in [0.5, 0.6) is 0 Å². The Kier molecular flexibility index (Phi) is 11.6. The second-order valence-corrected chi connectivity index (χ2v) is 31.4. The highest BCUT2D eigenvalue weighted by molar-refractivity contribution is 6.87. The maximum Gasteiger partial charge on any atom is 0.311 e. The molecular weight excluding hydrogens is 491 g/mol. The molecule has 1 rings (SSSR count). The van der Waals surface area contributed by atoms with Gasteiger partial charge in [0.25, 0.3) is 0 Å². The summed E-state index contributed by atoms with van der Waals surface area (Å²) >= 11 is 0. The summed E-state index contributed by atoms with van der Waals surface area (Å²) in [6.07, 6.45) is 4.71. The lowest BCUT2D eigenvalue weighted by Gasteiger charge is -2.53. The number of hydrogen-bond donors (Lipinski definition) is 0. The van der Waals surface area contributed by atoms with Gasteiger partial charge in [-0.1, -0.05) is 0 Å². The fraction of sp³-hybridized carbons (Fsp3) is 1.00. The summed E-state index contributed by atoms with van der Waals surface area (Å²) in [5, 5.41) is 0. The van der Waals surface area contributed by atoms with E-state index in [0.717, 1.165) is 51.0 Å². The Morgan fingerprint density at radius 1 is 0.706 bits per heavy atom. The first kappa shape index (κ1) is 32.7. The Balaban J connectivity index is 2.46. The van der Waals surface area contributed by atoms with Crippen LogP contribution in [0, 0.1) is 0 Å². The largest absolute Gasteiger partial charge is 0.437 e. The molecule has 0 bridgehead atoms. The molecule has 1 saturated heterocycles. The molecular formula is C25H59NO4Si4. The zero-order chi connectivity index (χ0) is 26.6. The smallest absolute Gasteiger partial charge is 0.311 e. The van der Waals surface area contributed by atoms with Crippen LogP contribution < -0.4 is 0 Å². The SMILES string of the molecule is CN1C(C)(C)CC(OCCC[Si](C)(C)O[Si](C)(C)O[Si](C)(C)CCCO[Si](C)(C)C)CC1(C)C. The molecule has 9 heteroatoms. The van der Waals surface area contributed by atoms with Crippen LogP contribution in [0.1, 0.15) is 53.4 Å². The summed E-state index contributed by atoms with van der Waals surface area (Å²) in [6.45, 7) is 31.7. The highest BCUT2D eigenvalue weighted by Crippen LogP contribution is 2.38. The number of piperidine rings is 1. The van der Waals surface area contributed by atoms with E-state index < -0.39 is 33.5 Å². The van der Waals surface area contributed by atoms with Crippen molar-refractivity contribution < 1.29 is 17.4 Å². The number of likely N-dealkylation sites (tertiary alicyclic amines) is 1. The predicted octanol–water partition coefficient (Wildman–Crippen LogP) is 7.43. The van der Waals surface area contributed by atoms with E-state index in [2.05, 4.69) is 98.6 Å². The number of rotatable bonds is 14. The molecule has 0 atom stereocenters. The fourth-order valence-electron chi connectivity index (χ4n) is 5.48. The Morgan fingerprint density at radius 2 is 1.12 bits per heavy atom. The normalized spacial score (nSPS) is 20.6. The van der Waals surface area contributed by atoms with Gasteiger partial charge in [0.1, 0.15) is 0 Å². The average molecular weight is 550 g/mol. The number of ether oxygens (including phenoxy) is 1. The van der Waals surface area contributed by atoms with Crippen LogP contribution in [0.2, 0.25) is 71.0 Å². The van der Waals surface area contributed by atoms with Crippen molar-refractivity contribution in [1.82, 2.24) is 4.90 Å². The van der Waals surface area contributed by atoms with Gasteiger partial charge in [0.05, 0.1) is 6.10 Å². The Hall–Kier alpha value is 0.668. The lowest BCUT2D eigenvalue weighted by atomic mass is 9.79. The highest BCUT2D eigenvalue weighted by Gasteiger charge is 2.43. The molecule has 0 aromatic carbocycles. The molecule has 1 fully saturated rings. The zero-order valence-corrected chi connectivity index (χ0v) is 29.3. The van der Waals surface area contributed by atoms with Crippen LogP contribution in [0.3, 0.4) is 0 Å². The molecule has 0 spiro atoms. The molecule has 1 aliphatic rings. The Bertz CT molecular complexity index is 615. The number of hydrogen-bond acceptors (Lipinski definition) is 5. The van der Waals surface area contributed by atoms with E-state index in [9.17, 15) is 0 Å². The van der Waals surface area contributed by atoms with Crippen molar-refractivity contribution in [2.75, 3.05) is 20.3 Å². The predicted molar refractivity (Wildman–Crippen MR) is 158 cm³/mol. The second-order valence-electron chi connectivity index (χ2n) is 14.4.